The number of amides is 1. The van der Waals surface area contributed by atoms with E-state index in [9.17, 15) is 27.5 Å². The molecule has 12 heteroatoms. The van der Waals surface area contributed by atoms with Crippen molar-refractivity contribution in [3.63, 3.8) is 0 Å². The molecule has 0 N–H and O–H groups in total. The Labute approximate surface area is 290 Å². The van der Waals surface area contributed by atoms with E-state index in [2.05, 4.69) is 0 Å². The minimum Gasteiger partial charge on any atom is -0.550 e. The SMILES string of the molecule is C/C(=C\c1ccc2c(c1)N(S(=O)(=O)c1cccc(C)c1)C[C@H](CCC(=O)N1CCC(C(=O)[O-])CC1)O2)c1c(F)cccc1Cl.[Na+]. The molecule has 0 aromatic heterocycles. The molecule has 5 rings (SSSR count). The first kappa shape index (κ1) is 35.0. The summed E-state index contributed by atoms with van der Waals surface area (Å²) in [5.41, 5.74) is 2.58. The second-order valence-electron chi connectivity index (χ2n) is 11.3. The predicted molar refractivity (Wildman–Crippen MR) is 165 cm³/mol. The maximum Gasteiger partial charge on any atom is 1.00 e. The molecule has 0 spiro atoms. The number of rotatable bonds is 8. The number of piperidine rings is 1. The van der Waals surface area contributed by atoms with Crippen LogP contribution in [0.1, 0.15) is 49.3 Å². The monoisotopic (exact) mass is 662 g/mol. The van der Waals surface area contributed by atoms with E-state index >= 15 is 0 Å². The number of carbonyl (C=O) groups is 2. The minimum absolute atomic E-state index is 0. The third kappa shape index (κ3) is 7.92. The van der Waals surface area contributed by atoms with Gasteiger partial charge in [0.05, 0.1) is 22.2 Å². The summed E-state index contributed by atoms with van der Waals surface area (Å²) in [6.45, 7) is 4.21. The maximum absolute atomic E-state index is 14.6. The zero-order valence-electron chi connectivity index (χ0n) is 25.5. The number of halogens is 2. The molecule has 1 saturated heterocycles. The van der Waals surface area contributed by atoms with Crippen molar-refractivity contribution < 1.29 is 61.8 Å². The number of ether oxygens (including phenoxy) is 1. The van der Waals surface area contributed by atoms with E-state index in [0.717, 1.165) is 5.56 Å². The number of sulfonamides is 1. The summed E-state index contributed by atoms with van der Waals surface area (Å²) in [6.07, 6.45) is 2.22. The molecule has 1 amide bonds. The van der Waals surface area contributed by atoms with Crippen molar-refractivity contribution in [2.45, 2.75) is 50.5 Å². The quantitative estimate of drug-likeness (QED) is 0.270. The van der Waals surface area contributed by atoms with Gasteiger partial charge in [0.1, 0.15) is 17.7 Å². The average molecular weight is 663 g/mol. The maximum atomic E-state index is 14.6. The Kier molecular flexibility index (Phi) is 11.4. The third-order valence-corrected chi connectivity index (χ3v) is 10.2. The van der Waals surface area contributed by atoms with Crippen molar-refractivity contribution in [3.8, 4) is 5.75 Å². The summed E-state index contributed by atoms with van der Waals surface area (Å²) in [5, 5.41) is 11.4. The Morgan fingerprint density at radius 2 is 1.80 bits per heavy atom. The molecule has 0 bridgehead atoms. The van der Waals surface area contributed by atoms with E-state index in [4.69, 9.17) is 16.3 Å². The Morgan fingerprint density at radius 1 is 1.09 bits per heavy atom. The molecule has 232 valence electrons. The third-order valence-electron chi connectivity index (χ3n) is 8.09. The Bertz CT molecular complexity index is 1710. The van der Waals surface area contributed by atoms with Crippen molar-refractivity contribution in [3.05, 3.63) is 88.2 Å². The standard InChI is InChI=1S/C33H34ClFN2O6S.Na/c1-21-5-3-6-26(17-21)44(41,42)37-20-25(10-12-31(38)36-15-13-24(14-16-36)33(39)40)43-30-11-9-23(19-29(30)37)18-22(2)32-27(34)7-4-8-28(32)35;/h3-9,11,17-19,24-25H,10,12-16,20H2,1-2H3,(H,39,40);/q;+1/p-1/b22-18+;/t25-;/m0./s1. The van der Waals surface area contributed by atoms with E-state index in [1.807, 2.05) is 13.0 Å². The smallest absolute Gasteiger partial charge is 0.550 e. The normalized spacial score (nSPS) is 17.2. The average Bonchev–Trinajstić information content (AvgIpc) is 2.99. The molecule has 0 unspecified atom stereocenters. The largest absolute Gasteiger partial charge is 1.00 e. The van der Waals surface area contributed by atoms with E-state index < -0.39 is 33.8 Å². The number of aryl methyl sites for hydroxylation is 1. The Hall–Kier alpha value is -2.89. The van der Waals surface area contributed by atoms with Gasteiger partial charge in [-0.2, -0.15) is 0 Å². The number of carbonyl (C=O) groups excluding carboxylic acids is 2. The van der Waals surface area contributed by atoms with Gasteiger partial charge in [0.25, 0.3) is 10.0 Å². The van der Waals surface area contributed by atoms with Gasteiger partial charge in [0.15, 0.2) is 0 Å². The van der Waals surface area contributed by atoms with E-state index in [1.165, 1.54) is 16.4 Å². The van der Waals surface area contributed by atoms with Crippen LogP contribution in [0.15, 0.2) is 65.6 Å². The number of nitrogens with zero attached hydrogens (tertiary/aromatic N) is 2. The van der Waals surface area contributed by atoms with Crippen LogP contribution >= 0.6 is 11.6 Å². The molecule has 0 radical (unpaired) electrons. The fraction of sp³-hybridized carbons (Fsp3) is 0.333. The first-order valence-corrected chi connectivity index (χ1v) is 16.3. The summed E-state index contributed by atoms with van der Waals surface area (Å²) >= 11 is 6.26. The van der Waals surface area contributed by atoms with E-state index in [-0.39, 0.29) is 70.3 Å². The van der Waals surface area contributed by atoms with Crippen molar-refractivity contribution in [1.82, 2.24) is 4.90 Å². The number of hydrogen-bond acceptors (Lipinski definition) is 6. The van der Waals surface area contributed by atoms with Crippen molar-refractivity contribution in [1.29, 1.82) is 0 Å². The van der Waals surface area contributed by atoms with Gasteiger partial charge in [-0.15, -0.1) is 0 Å². The number of fused-ring (bicyclic) bond motifs is 1. The van der Waals surface area contributed by atoms with Gasteiger partial charge in [0, 0.05) is 37.0 Å². The van der Waals surface area contributed by atoms with Crippen molar-refractivity contribution >= 4 is 50.8 Å². The number of hydrogen-bond donors (Lipinski definition) is 0. The summed E-state index contributed by atoms with van der Waals surface area (Å²) in [6, 6.07) is 16.2. The number of likely N-dealkylation sites (tertiary alicyclic amines) is 1. The molecule has 2 heterocycles. The molecule has 1 fully saturated rings. The van der Waals surface area contributed by atoms with Gasteiger partial charge >= 0.3 is 29.6 Å². The summed E-state index contributed by atoms with van der Waals surface area (Å²) < 4.78 is 50.1. The summed E-state index contributed by atoms with van der Waals surface area (Å²) in [7, 11) is -4.02. The fourth-order valence-electron chi connectivity index (χ4n) is 5.70. The van der Waals surface area contributed by atoms with Crippen LogP contribution < -0.4 is 43.7 Å². The second kappa shape index (κ2) is 14.7. The molecule has 2 aliphatic heterocycles. The molecule has 3 aromatic carbocycles. The van der Waals surface area contributed by atoms with E-state index in [1.54, 1.807) is 60.4 Å². The molecule has 45 heavy (non-hydrogen) atoms. The van der Waals surface area contributed by atoms with Gasteiger partial charge in [0.2, 0.25) is 5.91 Å². The fourth-order valence-corrected chi connectivity index (χ4v) is 7.62. The molecular formula is C33H33ClFN2NaO6S. The molecule has 8 nitrogen and oxygen atoms in total. The van der Waals surface area contributed by atoms with Gasteiger partial charge in [-0.3, -0.25) is 9.10 Å². The van der Waals surface area contributed by atoms with Crippen molar-refractivity contribution in [2.24, 2.45) is 5.92 Å². The van der Waals surface area contributed by atoms with Gasteiger partial charge in [-0.1, -0.05) is 41.9 Å². The van der Waals surface area contributed by atoms with Crippen LogP contribution in [-0.4, -0.2) is 50.9 Å². The number of allylic oxidation sites excluding steroid dienone is 1. The molecule has 0 saturated carbocycles. The zero-order valence-corrected chi connectivity index (χ0v) is 29.0. The summed E-state index contributed by atoms with van der Waals surface area (Å²) in [5.74, 6) is -1.89. The number of carboxylic acid groups (broad SMARTS) is 1. The number of anilines is 1. The van der Waals surface area contributed by atoms with Crippen LogP contribution in [0, 0.1) is 18.7 Å². The van der Waals surface area contributed by atoms with Crippen LogP contribution in [0.3, 0.4) is 0 Å². The van der Waals surface area contributed by atoms with Crippen LogP contribution in [-0.2, 0) is 19.6 Å². The Balaban J connectivity index is 0.00000461. The number of aliphatic carboxylic acids is 1. The summed E-state index contributed by atoms with van der Waals surface area (Å²) in [4.78, 5) is 25.9. The van der Waals surface area contributed by atoms with E-state index in [0.29, 0.717) is 48.5 Å². The van der Waals surface area contributed by atoms with Crippen LogP contribution in [0.4, 0.5) is 10.1 Å². The first-order valence-electron chi connectivity index (χ1n) is 14.5. The molecular weight excluding hydrogens is 630 g/mol. The molecule has 0 aliphatic carbocycles. The van der Waals surface area contributed by atoms with Crippen LogP contribution in [0.2, 0.25) is 5.02 Å². The van der Waals surface area contributed by atoms with Crippen LogP contribution in [0.5, 0.6) is 5.75 Å². The number of benzene rings is 3. The topological polar surface area (TPSA) is 107 Å². The zero-order chi connectivity index (χ0) is 31.6. The molecule has 3 aromatic rings. The predicted octanol–water partition coefficient (Wildman–Crippen LogP) is 2.08. The number of carboxylic acids is 1. The van der Waals surface area contributed by atoms with Crippen molar-refractivity contribution in [2.75, 3.05) is 23.9 Å². The Morgan fingerprint density at radius 3 is 2.47 bits per heavy atom. The van der Waals surface area contributed by atoms with Crippen LogP contribution in [0.25, 0.3) is 11.6 Å². The van der Waals surface area contributed by atoms with Gasteiger partial charge < -0.3 is 19.5 Å². The second-order valence-corrected chi connectivity index (χ2v) is 13.5. The van der Waals surface area contributed by atoms with Gasteiger partial charge in [-0.05, 0) is 86.2 Å². The van der Waals surface area contributed by atoms with Gasteiger partial charge in [-0.25, -0.2) is 12.8 Å². The molecule has 1 atom stereocenters. The first-order chi connectivity index (χ1) is 20.9. The minimum atomic E-state index is -4.02. The molecule has 2 aliphatic rings.